The van der Waals surface area contributed by atoms with Crippen LogP contribution in [0.25, 0.3) is 0 Å². The van der Waals surface area contributed by atoms with Crippen LogP contribution < -0.4 is 10.9 Å². The normalized spacial score (nSPS) is 21.0. The molecular formula is C11H16BrN3O4S. The lowest BCUT2D eigenvalue weighted by Crippen LogP contribution is -2.26. The standard InChI is InChI=1S/C11H16BrN3O4S/c12-10-9(6-14-15(2-3-16)11(10)17)13-5-8-1-4-20(18,19)7-8/h6,8,13,16H,1-5,7H2. The van der Waals surface area contributed by atoms with Gasteiger partial charge in [0.2, 0.25) is 0 Å². The summed E-state index contributed by atoms with van der Waals surface area (Å²) in [6, 6.07) is 0. The van der Waals surface area contributed by atoms with Crippen LogP contribution in [0, 0.1) is 5.92 Å². The smallest absolute Gasteiger partial charge is 0.283 e. The molecule has 1 aliphatic rings. The van der Waals surface area contributed by atoms with E-state index in [4.69, 9.17) is 5.11 Å². The van der Waals surface area contributed by atoms with Crippen molar-refractivity contribution in [2.45, 2.75) is 13.0 Å². The molecule has 1 aliphatic heterocycles. The Morgan fingerprint density at radius 1 is 1.55 bits per heavy atom. The van der Waals surface area contributed by atoms with Gasteiger partial charge < -0.3 is 10.4 Å². The van der Waals surface area contributed by atoms with E-state index in [1.54, 1.807) is 0 Å². The van der Waals surface area contributed by atoms with Crippen LogP contribution in [0.2, 0.25) is 0 Å². The number of nitrogens with one attached hydrogen (secondary N) is 1. The molecule has 0 saturated carbocycles. The van der Waals surface area contributed by atoms with Gasteiger partial charge in [-0.1, -0.05) is 0 Å². The number of halogens is 1. The van der Waals surface area contributed by atoms with Crippen LogP contribution in [-0.2, 0) is 16.4 Å². The van der Waals surface area contributed by atoms with Crippen molar-refractivity contribution in [2.24, 2.45) is 5.92 Å². The Kier molecular flexibility index (Phi) is 4.82. The number of aromatic nitrogens is 2. The zero-order valence-electron chi connectivity index (χ0n) is 10.7. The predicted molar refractivity (Wildman–Crippen MR) is 78.5 cm³/mol. The van der Waals surface area contributed by atoms with Crippen LogP contribution >= 0.6 is 15.9 Å². The molecule has 20 heavy (non-hydrogen) atoms. The van der Waals surface area contributed by atoms with Gasteiger partial charge in [0.25, 0.3) is 5.56 Å². The molecule has 1 unspecified atom stereocenters. The number of nitrogens with zero attached hydrogens (tertiary/aromatic N) is 2. The fourth-order valence-corrected chi connectivity index (χ4v) is 4.44. The topological polar surface area (TPSA) is 101 Å². The number of hydrogen-bond donors (Lipinski definition) is 2. The SMILES string of the molecule is O=c1c(Br)c(NCC2CCS(=O)(=O)C2)cnn1CCO. The minimum atomic E-state index is -2.89. The van der Waals surface area contributed by atoms with E-state index in [-0.39, 0.29) is 36.1 Å². The summed E-state index contributed by atoms with van der Waals surface area (Å²) in [4.78, 5) is 11.9. The molecule has 112 valence electrons. The summed E-state index contributed by atoms with van der Waals surface area (Å²) in [5, 5.41) is 15.8. The van der Waals surface area contributed by atoms with Gasteiger partial charge in [-0.25, -0.2) is 13.1 Å². The number of sulfone groups is 1. The third-order valence-electron chi connectivity index (χ3n) is 3.20. The van der Waals surface area contributed by atoms with Crippen LogP contribution in [-0.4, -0.2) is 48.0 Å². The monoisotopic (exact) mass is 365 g/mol. The first-order valence-electron chi connectivity index (χ1n) is 6.24. The van der Waals surface area contributed by atoms with Gasteiger partial charge in [0.05, 0.1) is 36.5 Å². The van der Waals surface area contributed by atoms with Crippen LogP contribution in [0.3, 0.4) is 0 Å². The van der Waals surface area contributed by atoms with E-state index >= 15 is 0 Å². The second kappa shape index (κ2) is 6.23. The van der Waals surface area contributed by atoms with Gasteiger partial charge >= 0.3 is 0 Å². The lowest BCUT2D eigenvalue weighted by Gasteiger charge is -2.12. The molecule has 2 heterocycles. The molecule has 0 radical (unpaired) electrons. The molecule has 1 saturated heterocycles. The molecule has 1 atom stereocenters. The lowest BCUT2D eigenvalue weighted by molar-refractivity contribution is 0.266. The van der Waals surface area contributed by atoms with E-state index in [1.165, 1.54) is 6.20 Å². The van der Waals surface area contributed by atoms with Crippen molar-refractivity contribution >= 4 is 31.5 Å². The van der Waals surface area contributed by atoms with Crippen LogP contribution in [0.4, 0.5) is 5.69 Å². The van der Waals surface area contributed by atoms with E-state index in [1.807, 2.05) is 0 Å². The second-order valence-electron chi connectivity index (χ2n) is 4.77. The van der Waals surface area contributed by atoms with E-state index in [0.717, 1.165) is 4.68 Å². The Bertz CT molecular complexity index is 644. The maximum absolute atomic E-state index is 11.9. The lowest BCUT2D eigenvalue weighted by atomic mass is 10.1. The Morgan fingerprint density at radius 2 is 2.30 bits per heavy atom. The average molecular weight is 366 g/mol. The summed E-state index contributed by atoms with van der Waals surface area (Å²) in [6.45, 7) is 0.466. The zero-order chi connectivity index (χ0) is 14.8. The van der Waals surface area contributed by atoms with Gasteiger partial charge in [0.1, 0.15) is 4.47 Å². The fraction of sp³-hybridized carbons (Fsp3) is 0.636. The van der Waals surface area contributed by atoms with Crippen molar-refractivity contribution in [1.29, 1.82) is 0 Å². The van der Waals surface area contributed by atoms with Crippen molar-refractivity contribution in [3.05, 3.63) is 21.0 Å². The fourth-order valence-electron chi connectivity index (χ4n) is 2.13. The molecule has 0 aliphatic carbocycles. The number of anilines is 1. The van der Waals surface area contributed by atoms with Crippen molar-refractivity contribution in [3.63, 3.8) is 0 Å². The predicted octanol–water partition coefficient (Wildman–Crippen LogP) is -0.155. The van der Waals surface area contributed by atoms with Gasteiger partial charge in [0.15, 0.2) is 9.84 Å². The van der Waals surface area contributed by atoms with E-state index in [9.17, 15) is 13.2 Å². The first-order valence-corrected chi connectivity index (χ1v) is 8.85. The molecule has 0 aromatic carbocycles. The van der Waals surface area contributed by atoms with Crippen molar-refractivity contribution < 1.29 is 13.5 Å². The third kappa shape index (κ3) is 3.58. The molecule has 0 spiro atoms. The zero-order valence-corrected chi connectivity index (χ0v) is 13.2. The van der Waals surface area contributed by atoms with Crippen LogP contribution in [0.5, 0.6) is 0 Å². The van der Waals surface area contributed by atoms with Gasteiger partial charge in [-0.05, 0) is 28.3 Å². The Hall–Kier alpha value is -0.930. The average Bonchev–Trinajstić information content (AvgIpc) is 2.74. The minimum absolute atomic E-state index is 0.0618. The molecule has 0 amide bonds. The molecule has 2 rings (SSSR count). The van der Waals surface area contributed by atoms with Gasteiger partial charge in [-0.2, -0.15) is 5.10 Å². The highest BCUT2D eigenvalue weighted by atomic mass is 79.9. The Balaban J connectivity index is 2.04. The van der Waals surface area contributed by atoms with Crippen LogP contribution in [0.15, 0.2) is 15.5 Å². The highest BCUT2D eigenvalue weighted by molar-refractivity contribution is 9.10. The summed E-state index contributed by atoms with van der Waals surface area (Å²) in [7, 11) is -2.89. The molecule has 0 bridgehead atoms. The summed E-state index contributed by atoms with van der Waals surface area (Å²) < 4.78 is 24.2. The van der Waals surface area contributed by atoms with E-state index in [2.05, 4.69) is 26.3 Å². The molecule has 9 heteroatoms. The van der Waals surface area contributed by atoms with Crippen LogP contribution in [0.1, 0.15) is 6.42 Å². The number of aliphatic hydroxyl groups excluding tert-OH is 1. The maximum Gasteiger partial charge on any atom is 0.283 e. The molecule has 7 nitrogen and oxygen atoms in total. The summed E-state index contributed by atoms with van der Waals surface area (Å²) in [5.74, 6) is 0.482. The third-order valence-corrected chi connectivity index (χ3v) is 5.81. The van der Waals surface area contributed by atoms with Gasteiger partial charge in [-0.15, -0.1) is 0 Å². The maximum atomic E-state index is 11.9. The highest BCUT2D eigenvalue weighted by Crippen LogP contribution is 2.21. The second-order valence-corrected chi connectivity index (χ2v) is 7.80. The van der Waals surface area contributed by atoms with Gasteiger partial charge in [-0.3, -0.25) is 4.79 Å². The summed E-state index contributed by atoms with van der Waals surface area (Å²) in [5.41, 5.74) is 0.205. The molecular weight excluding hydrogens is 350 g/mol. The van der Waals surface area contributed by atoms with Crippen molar-refractivity contribution in [3.8, 4) is 0 Å². The summed E-state index contributed by atoms with van der Waals surface area (Å²) >= 11 is 3.20. The number of aliphatic hydroxyl groups is 1. The molecule has 1 aromatic rings. The highest BCUT2D eigenvalue weighted by Gasteiger charge is 2.27. The quantitative estimate of drug-likeness (QED) is 0.751. The minimum Gasteiger partial charge on any atom is -0.394 e. The summed E-state index contributed by atoms with van der Waals surface area (Å²) in [6.07, 6.45) is 2.13. The number of rotatable bonds is 5. The number of hydrogen-bond acceptors (Lipinski definition) is 6. The largest absolute Gasteiger partial charge is 0.394 e. The molecule has 1 fully saturated rings. The Labute approximate surface area is 125 Å². The van der Waals surface area contributed by atoms with E-state index < -0.39 is 9.84 Å². The van der Waals surface area contributed by atoms with Gasteiger partial charge in [0, 0.05) is 6.54 Å². The van der Waals surface area contributed by atoms with E-state index in [0.29, 0.717) is 23.1 Å². The molecule has 2 N–H and O–H groups in total. The van der Waals surface area contributed by atoms with Crippen molar-refractivity contribution in [1.82, 2.24) is 9.78 Å². The van der Waals surface area contributed by atoms with Crippen molar-refractivity contribution in [2.75, 3.05) is 30.0 Å². The molecule has 1 aromatic heterocycles. The first kappa shape index (κ1) is 15.5. The Morgan fingerprint density at radius 3 is 2.90 bits per heavy atom. The first-order chi connectivity index (χ1) is 9.43.